The smallest absolute Gasteiger partial charge is 0.0667 e. The first-order valence-electron chi connectivity index (χ1n) is 4.78. The third kappa shape index (κ3) is 2.44. The van der Waals surface area contributed by atoms with E-state index in [0.717, 1.165) is 13.0 Å². The quantitative estimate of drug-likeness (QED) is 0.641. The van der Waals surface area contributed by atoms with Gasteiger partial charge in [-0.3, -0.25) is 4.90 Å². The number of rotatable bonds is 3. The lowest BCUT2D eigenvalue weighted by Gasteiger charge is -2.36. The van der Waals surface area contributed by atoms with Gasteiger partial charge < -0.3 is 10.2 Å². The monoisotopic (exact) mass is 173 g/mol. The number of aliphatic hydroxyl groups is 2. The van der Waals surface area contributed by atoms with Crippen molar-refractivity contribution in [1.29, 1.82) is 0 Å². The Hall–Kier alpha value is -0.120. The molecule has 1 saturated heterocycles. The molecule has 72 valence electrons. The maximum atomic E-state index is 9.45. The predicted molar refractivity (Wildman–Crippen MR) is 48.0 cm³/mol. The summed E-state index contributed by atoms with van der Waals surface area (Å²) in [6.07, 6.45) is 3.20. The Morgan fingerprint density at radius 3 is 2.83 bits per heavy atom. The number of nitrogens with zero attached hydrogens (tertiary/aromatic N) is 1. The van der Waals surface area contributed by atoms with E-state index in [1.807, 2.05) is 6.92 Å². The Labute approximate surface area is 74.0 Å². The number of β-amino-alcohol motifs (C(OH)–C–C–N with tert-alkyl or cyclic N) is 1. The van der Waals surface area contributed by atoms with Crippen molar-refractivity contribution >= 4 is 0 Å². The number of hydrogen-bond acceptors (Lipinski definition) is 3. The fraction of sp³-hybridized carbons (Fsp3) is 1.00. The van der Waals surface area contributed by atoms with Crippen molar-refractivity contribution in [3.63, 3.8) is 0 Å². The van der Waals surface area contributed by atoms with Crippen molar-refractivity contribution in [2.45, 2.75) is 38.3 Å². The van der Waals surface area contributed by atoms with E-state index in [1.165, 1.54) is 12.8 Å². The molecule has 1 aliphatic rings. The molecule has 2 atom stereocenters. The van der Waals surface area contributed by atoms with E-state index in [4.69, 9.17) is 5.11 Å². The van der Waals surface area contributed by atoms with Crippen molar-refractivity contribution in [2.24, 2.45) is 0 Å². The second-order valence-electron chi connectivity index (χ2n) is 3.56. The van der Waals surface area contributed by atoms with Gasteiger partial charge in [0.2, 0.25) is 0 Å². The molecule has 1 aliphatic heterocycles. The molecule has 0 aromatic rings. The van der Waals surface area contributed by atoms with Crippen LogP contribution in [0.1, 0.15) is 26.2 Å². The Bertz CT molecular complexity index is 126. The van der Waals surface area contributed by atoms with Crippen molar-refractivity contribution in [2.75, 3.05) is 19.7 Å². The van der Waals surface area contributed by atoms with Gasteiger partial charge in [0.1, 0.15) is 0 Å². The molecule has 0 aromatic carbocycles. The first-order valence-corrected chi connectivity index (χ1v) is 4.78. The van der Waals surface area contributed by atoms with Crippen molar-refractivity contribution in [3.8, 4) is 0 Å². The van der Waals surface area contributed by atoms with Gasteiger partial charge in [-0.25, -0.2) is 0 Å². The standard InChI is InChI=1S/C9H19NO2/c1-8(12)9-4-2-3-5-10(9)6-7-11/h8-9,11-12H,2-7H2,1H3. The van der Waals surface area contributed by atoms with Crippen LogP contribution >= 0.6 is 0 Å². The van der Waals surface area contributed by atoms with E-state index >= 15 is 0 Å². The zero-order valence-corrected chi connectivity index (χ0v) is 7.74. The average molecular weight is 173 g/mol. The van der Waals surface area contributed by atoms with Gasteiger partial charge in [0.05, 0.1) is 12.7 Å². The first-order chi connectivity index (χ1) is 5.75. The van der Waals surface area contributed by atoms with Crippen LogP contribution in [0.25, 0.3) is 0 Å². The predicted octanol–water partition coefficient (Wildman–Crippen LogP) is 0.214. The van der Waals surface area contributed by atoms with Gasteiger partial charge in [0.15, 0.2) is 0 Å². The van der Waals surface area contributed by atoms with Crippen LogP contribution in [0.15, 0.2) is 0 Å². The van der Waals surface area contributed by atoms with Crippen molar-refractivity contribution in [3.05, 3.63) is 0 Å². The van der Waals surface area contributed by atoms with E-state index in [-0.39, 0.29) is 18.8 Å². The Morgan fingerprint density at radius 1 is 1.50 bits per heavy atom. The fourth-order valence-electron chi connectivity index (χ4n) is 1.97. The summed E-state index contributed by atoms with van der Waals surface area (Å²) in [6, 6.07) is 0.269. The molecule has 3 heteroatoms. The van der Waals surface area contributed by atoms with Gasteiger partial charge in [-0.15, -0.1) is 0 Å². The van der Waals surface area contributed by atoms with Crippen molar-refractivity contribution < 1.29 is 10.2 Å². The van der Waals surface area contributed by atoms with E-state index in [1.54, 1.807) is 0 Å². The highest BCUT2D eigenvalue weighted by atomic mass is 16.3. The molecule has 0 aromatic heterocycles. The van der Waals surface area contributed by atoms with Crippen LogP contribution in [-0.2, 0) is 0 Å². The van der Waals surface area contributed by atoms with Gasteiger partial charge in [0.25, 0.3) is 0 Å². The summed E-state index contributed by atoms with van der Waals surface area (Å²) in [5, 5.41) is 18.2. The first kappa shape index (κ1) is 9.96. The third-order valence-electron chi connectivity index (χ3n) is 2.61. The average Bonchev–Trinajstić information content (AvgIpc) is 2.05. The van der Waals surface area contributed by atoms with E-state index < -0.39 is 0 Å². The number of likely N-dealkylation sites (tertiary alicyclic amines) is 1. The maximum absolute atomic E-state index is 9.45. The molecule has 0 radical (unpaired) electrons. The van der Waals surface area contributed by atoms with Crippen molar-refractivity contribution in [1.82, 2.24) is 4.90 Å². The summed E-state index contributed by atoms with van der Waals surface area (Å²) >= 11 is 0. The van der Waals surface area contributed by atoms with Gasteiger partial charge >= 0.3 is 0 Å². The minimum atomic E-state index is -0.267. The highest BCUT2D eigenvalue weighted by Gasteiger charge is 2.25. The molecular formula is C9H19NO2. The van der Waals surface area contributed by atoms with E-state index in [9.17, 15) is 5.11 Å². The van der Waals surface area contributed by atoms with Gasteiger partial charge in [-0.2, -0.15) is 0 Å². The number of hydrogen-bond donors (Lipinski definition) is 2. The fourth-order valence-corrected chi connectivity index (χ4v) is 1.97. The van der Waals surface area contributed by atoms with Crippen LogP contribution in [-0.4, -0.2) is 47.0 Å². The molecule has 2 unspecified atom stereocenters. The number of aliphatic hydroxyl groups excluding tert-OH is 2. The lowest BCUT2D eigenvalue weighted by molar-refractivity contribution is 0.0273. The lowest BCUT2D eigenvalue weighted by Crippen LogP contribution is -2.46. The SMILES string of the molecule is CC(O)C1CCCCN1CCO. The largest absolute Gasteiger partial charge is 0.395 e. The summed E-state index contributed by atoms with van der Waals surface area (Å²) in [5.41, 5.74) is 0. The minimum absolute atomic E-state index is 0.198. The van der Waals surface area contributed by atoms with Crippen LogP contribution < -0.4 is 0 Å². The van der Waals surface area contributed by atoms with Gasteiger partial charge in [-0.1, -0.05) is 6.42 Å². The molecule has 3 nitrogen and oxygen atoms in total. The normalized spacial score (nSPS) is 28.8. The summed E-state index contributed by atoms with van der Waals surface area (Å²) in [4.78, 5) is 2.19. The van der Waals surface area contributed by atoms with E-state index in [2.05, 4.69) is 4.90 Å². The molecule has 1 heterocycles. The molecule has 0 spiro atoms. The summed E-state index contributed by atoms with van der Waals surface area (Å²) < 4.78 is 0. The molecule has 1 fully saturated rings. The second kappa shape index (κ2) is 4.80. The Balaban J connectivity index is 2.42. The topological polar surface area (TPSA) is 43.7 Å². The van der Waals surface area contributed by atoms with Gasteiger partial charge in [0, 0.05) is 12.6 Å². The second-order valence-corrected chi connectivity index (χ2v) is 3.56. The molecule has 1 rings (SSSR count). The summed E-state index contributed by atoms with van der Waals surface area (Å²) in [6.45, 7) is 3.76. The Morgan fingerprint density at radius 2 is 2.25 bits per heavy atom. The summed E-state index contributed by atoms with van der Waals surface area (Å²) in [7, 11) is 0. The highest BCUT2D eigenvalue weighted by Crippen LogP contribution is 2.18. The number of piperidine rings is 1. The molecule has 2 N–H and O–H groups in total. The lowest BCUT2D eigenvalue weighted by atomic mass is 9.98. The highest BCUT2D eigenvalue weighted by molar-refractivity contribution is 4.80. The molecule has 0 amide bonds. The van der Waals surface area contributed by atoms with E-state index in [0.29, 0.717) is 6.54 Å². The molecule has 0 aliphatic carbocycles. The van der Waals surface area contributed by atoms with Gasteiger partial charge in [-0.05, 0) is 26.3 Å². The zero-order chi connectivity index (χ0) is 8.97. The summed E-state index contributed by atoms with van der Waals surface area (Å²) in [5.74, 6) is 0. The van der Waals surface area contributed by atoms with Crippen LogP contribution in [0.3, 0.4) is 0 Å². The zero-order valence-electron chi connectivity index (χ0n) is 7.74. The molecule has 12 heavy (non-hydrogen) atoms. The molecule has 0 saturated carbocycles. The Kier molecular flexibility index (Phi) is 3.98. The third-order valence-corrected chi connectivity index (χ3v) is 2.61. The van der Waals surface area contributed by atoms with Crippen LogP contribution in [0.5, 0.6) is 0 Å². The maximum Gasteiger partial charge on any atom is 0.0667 e. The minimum Gasteiger partial charge on any atom is -0.395 e. The van der Waals surface area contributed by atoms with Crippen LogP contribution in [0.4, 0.5) is 0 Å². The van der Waals surface area contributed by atoms with Crippen LogP contribution in [0.2, 0.25) is 0 Å². The molecule has 0 bridgehead atoms. The van der Waals surface area contributed by atoms with Crippen LogP contribution in [0, 0.1) is 0 Å². The molecular weight excluding hydrogens is 154 g/mol.